The van der Waals surface area contributed by atoms with Gasteiger partial charge in [0, 0.05) is 5.02 Å². The zero-order valence-electron chi connectivity index (χ0n) is 9.65. The summed E-state index contributed by atoms with van der Waals surface area (Å²) in [6.07, 6.45) is 1.51. The maximum absolute atomic E-state index is 6.01. The molecule has 6 heteroatoms. The van der Waals surface area contributed by atoms with Gasteiger partial charge in [-0.2, -0.15) is 5.10 Å². The highest BCUT2D eigenvalue weighted by Crippen LogP contribution is 2.38. The third kappa shape index (κ3) is 2.09. The molecule has 0 saturated carbocycles. The number of benzene rings is 1. The van der Waals surface area contributed by atoms with Gasteiger partial charge in [-0.05, 0) is 35.4 Å². The Morgan fingerprint density at radius 1 is 1.21 bits per heavy atom. The molecule has 3 rings (SSSR count). The number of anilines is 1. The van der Waals surface area contributed by atoms with Gasteiger partial charge < -0.3 is 10.2 Å². The van der Waals surface area contributed by atoms with Crippen LogP contribution < -0.4 is 5.73 Å². The number of H-pyrrole nitrogens is 1. The highest BCUT2D eigenvalue weighted by atomic mass is 35.5. The van der Waals surface area contributed by atoms with E-state index in [1.54, 1.807) is 12.1 Å². The Bertz CT molecular complexity index is 733. The molecule has 1 aromatic carbocycles. The fourth-order valence-corrected chi connectivity index (χ4v) is 2.36. The molecular weight excluding hydrogens is 285 g/mol. The summed E-state index contributed by atoms with van der Waals surface area (Å²) in [4.78, 5) is 0. The molecule has 0 bridgehead atoms. The average molecular weight is 294 g/mol. The van der Waals surface area contributed by atoms with Gasteiger partial charge in [-0.3, -0.25) is 5.10 Å². The second-order valence-corrected chi connectivity index (χ2v) is 4.76. The molecule has 0 aliphatic rings. The SMILES string of the molecule is Nc1n[nH]c(-c2ccoc2Cl)c1-c1cccc(Cl)c1. The number of furan rings is 1. The van der Waals surface area contributed by atoms with Crippen LogP contribution in [0.1, 0.15) is 0 Å². The number of nitrogen functional groups attached to an aromatic ring is 1. The van der Waals surface area contributed by atoms with Gasteiger partial charge in [0.2, 0.25) is 5.22 Å². The van der Waals surface area contributed by atoms with Gasteiger partial charge in [0.1, 0.15) is 0 Å². The zero-order chi connectivity index (χ0) is 13.4. The van der Waals surface area contributed by atoms with E-state index in [9.17, 15) is 0 Å². The molecule has 0 aliphatic heterocycles. The summed E-state index contributed by atoms with van der Waals surface area (Å²) in [6.45, 7) is 0. The van der Waals surface area contributed by atoms with Crippen molar-refractivity contribution in [3.63, 3.8) is 0 Å². The molecule has 0 spiro atoms. The van der Waals surface area contributed by atoms with Gasteiger partial charge in [-0.25, -0.2) is 0 Å². The predicted octanol–water partition coefficient (Wildman–Crippen LogP) is 4.23. The predicted molar refractivity (Wildman–Crippen MR) is 76.2 cm³/mol. The minimum atomic E-state index is 0.284. The molecule has 19 heavy (non-hydrogen) atoms. The Balaban J connectivity index is 2.22. The van der Waals surface area contributed by atoms with E-state index in [4.69, 9.17) is 33.4 Å². The van der Waals surface area contributed by atoms with E-state index >= 15 is 0 Å². The van der Waals surface area contributed by atoms with E-state index in [2.05, 4.69) is 10.2 Å². The van der Waals surface area contributed by atoms with Crippen LogP contribution in [0.5, 0.6) is 0 Å². The Morgan fingerprint density at radius 2 is 2.05 bits per heavy atom. The number of hydrogen-bond acceptors (Lipinski definition) is 3. The van der Waals surface area contributed by atoms with E-state index < -0.39 is 0 Å². The van der Waals surface area contributed by atoms with Crippen LogP contribution in [0.4, 0.5) is 5.82 Å². The standard InChI is InChI=1S/C13H9Cl2N3O/c14-8-3-1-2-7(6-8)10-11(17-18-13(10)16)9-4-5-19-12(9)15/h1-6H,(H3,16,17,18). The molecule has 0 unspecified atom stereocenters. The monoisotopic (exact) mass is 293 g/mol. The van der Waals surface area contributed by atoms with Crippen molar-refractivity contribution in [2.24, 2.45) is 0 Å². The van der Waals surface area contributed by atoms with Crippen LogP contribution >= 0.6 is 23.2 Å². The summed E-state index contributed by atoms with van der Waals surface area (Å²) >= 11 is 12.0. The highest BCUT2D eigenvalue weighted by molar-refractivity contribution is 6.32. The first-order chi connectivity index (χ1) is 9.16. The van der Waals surface area contributed by atoms with Crippen molar-refractivity contribution >= 4 is 29.0 Å². The highest BCUT2D eigenvalue weighted by Gasteiger charge is 2.18. The van der Waals surface area contributed by atoms with Crippen LogP contribution in [0.25, 0.3) is 22.4 Å². The maximum atomic E-state index is 6.01. The first-order valence-corrected chi connectivity index (χ1v) is 6.25. The summed E-state index contributed by atoms with van der Waals surface area (Å²) in [5.74, 6) is 0.384. The minimum absolute atomic E-state index is 0.284. The molecule has 96 valence electrons. The lowest BCUT2D eigenvalue weighted by molar-refractivity contribution is 0.570. The summed E-state index contributed by atoms with van der Waals surface area (Å²) in [7, 11) is 0. The Morgan fingerprint density at radius 3 is 2.74 bits per heavy atom. The number of nitrogens with one attached hydrogen (secondary N) is 1. The first-order valence-electron chi connectivity index (χ1n) is 5.50. The molecule has 3 N–H and O–H groups in total. The van der Waals surface area contributed by atoms with Crippen molar-refractivity contribution < 1.29 is 4.42 Å². The first kappa shape index (κ1) is 12.1. The van der Waals surface area contributed by atoms with Gasteiger partial charge >= 0.3 is 0 Å². The van der Waals surface area contributed by atoms with E-state index in [1.165, 1.54) is 6.26 Å². The number of nitrogens with zero attached hydrogens (tertiary/aromatic N) is 1. The molecule has 0 atom stereocenters. The van der Waals surface area contributed by atoms with Gasteiger partial charge in [0.05, 0.1) is 23.1 Å². The Hall–Kier alpha value is -1.91. The second-order valence-electron chi connectivity index (χ2n) is 3.98. The Labute approximate surface area is 119 Å². The van der Waals surface area contributed by atoms with Gasteiger partial charge in [-0.15, -0.1) is 0 Å². The van der Waals surface area contributed by atoms with Gasteiger partial charge in [-0.1, -0.05) is 23.7 Å². The summed E-state index contributed by atoms with van der Waals surface area (Å²) in [6, 6.07) is 9.13. The summed E-state index contributed by atoms with van der Waals surface area (Å²) in [5, 5.41) is 7.81. The molecule has 0 saturated heterocycles. The average Bonchev–Trinajstić information content (AvgIpc) is 2.95. The lowest BCUT2D eigenvalue weighted by Gasteiger charge is -2.03. The number of rotatable bonds is 2. The van der Waals surface area contributed by atoms with Crippen LogP contribution in [0.15, 0.2) is 41.0 Å². The van der Waals surface area contributed by atoms with Crippen LogP contribution in [-0.4, -0.2) is 10.2 Å². The lowest BCUT2D eigenvalue weighted by atomic mass is 10.0. The van der Waals surface area contributed by atoms with Crippen LogP contribution in [0.3, 0.4) is 0 Å². The van der Waals surface area contributed by atoms with Crippen molar-refractivity contribution in [1.29, 1.82) is 0 Å². The van der Waals surface area contributed by atoms with Crippen LogP contribution in [0, 0.1) is 0 Å². The van der Waals surface area contributed by atoms with Crippen LogP contribution in [0.2, 0.25) is 10.2 Å². The second kappa shape index (κ2) is 4.64. The zero-order valence-corrected chi connectivity index (χ0v) is 11.2. The topological polar surface area (TPSA) is 67.8 Å². The fraction of sp³-hybridized carbons (Fsp3) is 0. The van der Waals surface area contributed by atoms with Gasteiger partial charge in [0.15, 0.2) is 5.82 Å². The van der Waals surface area contributed by atoms with Crippen molar-refractivity contribution in [2.75, 3.05) is 5.73 Å². The van der Waals surface area contributed by atoms with E-state index in [1.807, 2.05) is 18.2 Å². The summed E-state index contributed by atoms with van der Waals surface area (Å²) < 4.78 is 5.09. The van der Waals surface area contributed by atoms with Crippen molar-refractivity contribution in [2.45, 2.75) is 0 Å². The largest absolute Gasteiger partial charge is 0.452 e. The number of nitrogens with two attached hydrogens (primary N) is 1. The molecule has 2 aromatic heterocycles. The maximum Gasteiger partial charge on any atom is 0.202 e. The molecule has 0 aliphatic carbocycles. The third-order valence-electron chi connectivity index (χ3n) is 2.79. The normalized spacial score (nSPS) is 10.8. The number of halogens is 2. The van der Waals surface area contributed by atoms with Crippen LogP contribution in [-0.2, 0) is 0 Å². The van der Waals surface area contributed by atoms with Gasteiger partial charge in [0.25, 0.3) is 0 Å². The number of hydrogen-bond donors (Lipinski definition) is 2. The molecule has 4 nitrogen and oxygen atoms in total. The molecule has 0 radical (unpaired) electrons. The minimum Gasteiger partial charge on any atom is -0.452 e. The van der Waals surface area contributed by atoms with Crippen molar-refractivity contribution in [1.82, 2.24) is 10.2 Å². The molecule has 0 fully saturated rings. The van der Waals surface area contributed by atoms with Crippen molar-refractivity contribution in [3.05, 3.63) is 46.8 Å². The lowest BCUT2D eigenvalue weighted by Crippen LogP contribution is -1.88. The quantitative estimate of drug-likeness (QED) is 0.743. The smallest absolute Gasteiger partial charge is 0.202 e. The number of aromatic amines is 1. The molecule has 0 amide bonds. The Kier molecular flexibility index (Phi) is 2.97. The third-order valence-corrected chi connectivity index (χ3v) is 3.32. The van der Waals surface area contributed by atoms with E-state index in [-0.39, 0.29) is 5.22 Å². The summed E-state index contributed by atoms with van der Waals surface area (Å²) in [5.41, 5.74) is 8.96. The molecule has 3 aromatic rings. The van der Waals surface area contributed by atoms with Crippen molar-refractivity contribution in [3.8, 4) is 22.4 Å². The fourth-order valence-electron chi connectivity index (χ4n) is 1.96. The number of aromatic nitrogens is 2. The molecule has 2 heterocycles. The molecular formula is C13H9Cl2N3O. The van der Waals surface area contributed by atoms with E-state index in [0.29, 0.717) is 22.1 Å². The van der Waals surface area contributed by atoms with E-state index in [0.717, 1.165) is 11.1 Å².